The van der Waals surface area contributed by atoms with Gasteiger partial charge in [0, 0.05) is 39.2 Å². The van der Waals surface area contributed by atoms with Crippen molar-refractivity contribution >= 4 is 23.8 Å². The lowest BCUT2D eigenvalue weighted by Gasteiger charge is -2.44. The summed E-state index contributed by atoms with van der Waals surface area (Å²) in [5.41, 5.74) is 8.23. The normalized spacial score (nSPS) is 24.6. The highest BCUT2D eigenvalue weighted by molar-refractivity contribution is 5.73. The minimum atomic E-state index is -1.19. The molecule has 1 rings (SSSR count). The van der Waals surface area contributed by atoms with Crippen LogP contribution in [0.2, 0.25) is 0 Å². The van der Waals surface area contributed by atoms with Crippen LogP contribution in [0.3, 0.4) is 0 Å². The van der Waals surface area contributed by atoms with Crippen molar-refractivity contribution in [3.8, 4) is 0 Å². The number of azide groups is 1. The van der Waals surface area contributed by atoms with Gasteiger partial charge in [-0.2, -0.15) is 0 Å². The van der Waals surface area contributed by atoms with Crippen LogP contribution >= 0.6 is 0 Å². The summed E-state index contributed by atoms with van der Waals surface area (Å²) < 4.78 is 32.4. The average Bonchev–Trinajstić information content (AvgIpc) is 2.68. The van der Waals surface area contributed by atoms with E-state index in [9.17, 15) is 19.2 Å². The van der Waals surface area contributed by atoms with Crippen molar-refractivity contribution < 1.29 is 47.6 Å². The van der Waals surface area contributed by atoms with Gasteiger partial charge in [0.1, 0.15) is 18.8 Å². The molecule has 0 unspecified atom stereocenters. The molecule has 180 valence electrons. The Balaban J connectivity index is 3.05. The fourth-order valence-electron chi connectivity index (χ4n) is 2.91. The Hall–Kier alpha value is -2.93. The summed E-state index contributed by atoms with van der Waals surface area (Å²) in [5.74, 6) is -2.47. The zero-order valence-electron chi connectivity index (χ0n) is 18.3. The van der Waals surface area contributed by atoms with Crippen molar-refractivity contribution in [3.63, 3.8) is 0 Å². The maximum absolute atomic E-state index is 11.8. The van der Waals surface area contributed by atoms with Gasteiger partial charge in [0.25, 0.3) is 0 Å². The first-order valence-electron chi connectivity index (χ1n) is 9.76. The summed E-state index contributed by atoms with van der Waals surface area (Å²) >= 11 is 0. The smallest absolute Gasteiger partial charge is 0.303 e. The lowest BCUT2D eigenvalue weighted by atomic mass is 9.96. The molecule has 0 aromatic heterocycles. The van der Waals surface area contributed by atoms with E-state index in [2.05, 4.69) is 15.3 Å². The quantitative estimate of drug-likeness (QED) is 0.104. The summed E-state index contributed by atoms with van der Waals surface area (Å²) in [5, 5.41) is 5.91. The number of rotatable bonds is 12. The van der Waals surface area contributed by atoms with Crippen LogP contribution < -0.4 is 5.32 Å². The van der Waals surface area contributed by atoms with Gasteiger partial charge in [-0.25, -0.2) is 0 Å². The summed E-state index contributed by atoms with van der Waals surface area (Å²) in [7, 11) is 0. The number of nitrogens with one attached hydrogen (secondary N) is 1. The van der Waals surface area contributed by atoms with E-state index in [-0.39, 0.29) is 33.0 Å². The van der Waals surface area contributed by atoms with Crippen LogP contribution in [0.15, 0.2) is 5.11 Å². The minimum Gasteiger partial charge on any atom is -0.463 e. The molecule has 0 aliphatic carbocycles. The Morgan fingerprint density at radius 1 is 0.969 bits per heavy atom. The Labute approximate surface area is 184 Å². The summed E-state index contributed by atoms with van der Waals surface area (Å²) in [4.78, 5) is 49.1. The van der Waals surface area contributed by atoms with Crippen LogP contribution in [0.5, 0.6) is 0 Å². The summed E-state index contributed by atoms with van der Waals surface area (Å²) in [6.07, 6.45) is -4.58. The van der Waals surface area contributed by atoms with Crippen LogP contribution in [-0.2, 0) is 47.6 Å². The SMILES string of the molecule is CC(=O)N[C@H]1[C@@H](OCCOCCN=[N+]=[N-])O[C@H](COC(C)=O)[C@H](OC(C)=O)[C@@H]1OC(C)=O. The number of esters is 3. The number of carbonyl (C=O) groups excluding carboxylic acids is 4. The van der Waals surface area contributed by atoms with E-state index in [4.69, 9.17) is 34.0 Å². The molecule has 1 aliphatic heterocycles. The zero-order chi connectivity index (χ0) is 24.1. The maximum atomic E-state index is 11.8. The van der Waals surface area contributed by atoms with Crippen molar-refractivity contribution in [2.24, 2.45) is 5.11 Å². The van der Waals surface area contributed by atoms with Crippen molar-refractivity contribution in [1.82, 2.24) is 5.32 Å². The summed E-state index contributed by atoms with van der Waals surface area (Å²) in [6.45, 7) is 4.84. The first kappa shape index (κ1) is 27.1. The maximum Gasteiger partial charge on any atom is 0.303 e. The van der Waals surface area contributed by atoms with Crippen molar-refractivity contribution in [2.45, 2.75) is 58.3 Å². The van der Waals surface area contributed by atoms with E-state index in [0.717, 1.165) is 13.8 Å². The molecular weight excluding hydrogens is 432 g/mol. The molecule has 0 saturated carbocycles. The molecule has 0 aromatic rings. The molecular formula is C18H28N4O10. The Morgan fingerprint density at radius 3 is 2.19 bits per heavy atom. The lowest BCUT2D eigenvalue weighted by molar-refractivity contribution is -0.279. The van der Waals surface area contributed by atoms with Crippen molar-refractivity contribution in [1.29, 1.82) is 0 Å². The van der Waals surface area contributed by atoms with Gasteiger partial charge in [0.2, 0.25) is 5.91 Å². The third-order valence-corrected chi connectivity index (χ3v) is 3.98. The monoisotopic (exact) mass is 460 g/mol. The molecule has 1 amide bonds. The molecule has 1 aliphatic rings. The van der Waals surface area contributed by atoms with Gasteiger partial charge in [-0.15, -0.1) is 0 Å². The molecule has 0 spiro atoms. The van der Waals surface area contributed by atoms with Gasteiger partial charge in [-0.3, -0.25) is 19.2 Å². The molecule has 0 aromatic carbocycles. The van der Waals surface area contributed by atoms with E-state index in [0.29, 0.717) is 0 Å². The van der Waals surface area contributed by atoms with Crippen LogP contribution in [-0.4, -0.2) is 87.4 Å². The first-order valence-corrected chi connectivity index (χ1v) is 9.76. The van der Waals surface area contributed by atoms with Gasteiger partial charge in [-0.1, -0.05) is 5.11 Å². The number of amides is 1. The lowest BCUT2D eigenvalue weighted by Crippen LogP contribution is -2.66. The zero-order valence-corrected chi connectivity index (χ0v) is 18.3. The molecule has 1 saturated heterocycles. The van der Waals surface area contributed by atoms with Gasteiger partial charge in [-0.05, 0) is 5.53 Å². The highest BCUT2D eigenvalue weighted by Crippen LogP contribution is 2.28. The van der Waals surface area contributed by atoms with Gasteiger partial charge >= 0.3 is 17.9 Å². The van der Waals surface area contributed by atoms with Crippen LogP contribution in [0.25, 0.3) is 10.4 Å². The molecule has 1 heterocycles. The second-order valence-electron chi connectivity index (χ2n) is 6.66. The number of hydrogen-bond donors (Lipinski definition) is 1. The van der Waals surface area contributed by atoms with Crippen LogP contribution in [0.1, 0.15) is 27.7 Å². The Bertz CT molecular complexity index is 712. The molecule has 1 fully saturated rings. The number of nitrogens with zero attached hydrogens (tertiary/aromatic N) is 3. The third kappa shape index (κ3) is 9.92. The van der Waals surface area contributed by atoms with Gasteiger partial charge in [0.05, 0.1) is 19.8 Å². The number of hydrogen-bond acceptors (Lipinski definition) is 11. The summed E-state index contributed by atoms with van der Waals surface area (Å²) in [6, 6.07) is -1.04. The molecule has 5 atom stereocenters. The minimum absolute atomic E-state index is 0.00231. The highest BCUT2D eigenvalue weighted by Gasteiger charge is 2.51. The van der Waals surface area contributed by atoms with E-state index in [1.807, 2.05) is 0 Å². The highest BCUT2D eigenvalue weighted by atomic mass is 16.7. The van der Waals surface area contributed by atoms with Crippen LogP contribution in [0.4, 0.5) is 0 Å². The topological polar surface area (TPSA) is 184 Å². The van der Waals surface area contributed by atoms with E-state index >= 15 is 0 Å². The fraction of sp³-hybridized carbons (Fsp3) is 0.778. The molecule has 0 bridgehead atoms. The predicted molar refractivity (Wildman–Crippen MR) is 105 cm³/mol. The van der Waals surface area contributed by atoms with Crippen molar-refractivity contribution in [2.75, 3.05) is 33.0 Å². The molecule has 0 radical (unpaired) electrons. The first-order chi connectivity index (χ1) is 15.1. The standard InChI is InChI=1S/C18H28N4O10/c1-10(23)21-15-17(31-13(4)26)16(30-12(3)25)14(9-29-11(2)24)32-18(15)28-8-7-27-6-5-20-22-19/h14-18H,5-9H2,1-4H3,(H,21,23)/t14-,15-,16+,17-,18+/m1/s1. The Morgan fingerprint density at radius 2 is 1.62 bits per heavy atom. The molecule has 14 heteroatoms. The number of ether oxygens (including phenoxy) is 6. The second-order valence-corrected chi connectivity index (χ2v) is 6.66. The fourth-order valence-corrected chi connectivity index (χ4v) is 2.91. The van der Waals surface area contributed by atoms with E-state index in [1.54, 1.807) is 0 Å². The van der Waals surface area contributed by atoms with Crippen LogP contribution in [0, 0.1) is 0 Å². The Kier molecular flexibility index (Phi) is 12.0. The largest absolute Gasteiger partial charge is 0.463 e. The molecule has 32 heavy (non-hydrogen) atoms. The second kappa shape index (κ2) is 14.2. The van der Waals surface area contributed by atoms with Gasteiger partial charge < -0.3 is 33.7 Å². The molecule has 14 nitrogen and oxygen atoms in total. The van der Waals surface area contributed by atoms with E-state index < -0.39 is 54.5 Å². The van der Waals surface area contributed by atoms with Gasteiger partial charge in [0.15, 0.2) is 18.5 Å². The number of carbonyl (C=O) groups is 4. The predicted octanol–water partition coefficient (Wildman–Crippen LogP) is -0.0140. The van der Waals surface area contributed by atoms with Crippen molar-refractivity contribution in [3.05, 3.63) is 10.4 Å². The molecule has 1 N–H and O–H groups in total. The average molecular weight is 460 g/mol. The third-order valence-electron chi connectivity index (χ3n) is 3.98. The van der Waals surface area contributed by atoms with E-state index in [1.165, 1.54) is 13.8 Å².